The first-order chi connectivity index (χ1) is 29.5. The number of hydrogen-bond acceptors (Lipinski definition) is 9. The molecule has 62 heavy (non-hydrogen) atoms. The molecule has 1 heterocycles. The summed E-state index contributed by atoms with van der Waals surface area (Å²) < 4.78 is 31.7. The lowest BCUT2D eigenvalue weighted by molar-refractivity contribution is -0.192. The summed E-state index contributed by atoms with van der Waals surface area (Å²) in [7, 11) is 0. The first-order valence-corrected chi connectivity index (χ1v) is 20.6. The van der Waals surface area contributed by atoms with E-state index in [-0.39, 0.29) is 37.5 Å². The van der Waals surface area contributed by atoms with E-state index in [2.05, 4.69) is 26.6 Å². The lowest BCUT2D eigenvalue weighted by Gasteiger charge is -2.29. The van der Waals surface area contributed by atoms with Gasteiger partial charge in [-0.1, -0.05) is 86.7 Å². The highest BCUT2D eigenvalue weighted by atomic mass is 19.4. The summed E-state index contributed by atoms with van der Waals surface area (Å²) >= 11 is 0. The summed E-state index contributed by atoms with van der Waals surface area (Å²) in [4.78, 5) is 101. The number of unbranched alkanes of at least 4 members (excludes halogenated alkanes) is 1. The molecule has 0 aromatic heterocycles. The van der Waals surface area contributed by atoms with Crippen LogP contribution in [0.4, 0.5) is 13.2 Å². The fourth-order valence-electron chi connectivity index (χ4n) is 6.97. The number of amides is 6. The zero-order valence-corrected chi connectivity index (χ0v) is 34.3. The Kier molecular flexibility index (Phi) is 20.8. The van der Waals surface area contributed by atoms with Crippen molar-refractivity contribution in [3.05, 3.63) is 83.4 Å². The highest BCUT2D eigenvalue weighted by molar-refractivity contribution is 6.09. The summed E-state index contributed by atoms with van der Waals surface area (Å²) in [5.41, 5.74) is 12.9. The van der Waals surface area contributed by atoms with Crippen LogP contribution in [0.25, 0.3) is 0 Å². The van der Waals surface area contributed by atoms with Crippen molar-refractivity contribution in [1.82, 2.24) is 26.6 Å². The second-order valence-corrected chi connectivity index (χ2v) is 15.2. The third kappa shape index (κ3) is 17.9. The Hall–Kier alpha value is -6.11. The number of carbonyl (C=O) groups excluding carboxylic acids is 7. The second kappa shape index (κ2) is 25.6. The fourth-order valence-corrected chi connectivity index (χ4v) is 6.97. The number of alkyl halides is 3. The molecule has 2 aromatic carbocycles. The topological polar surface area (TPSA) is 269 Å². The van der Waals surface area contributed by atoms with Crippen LogP contribution in [0.1, 0.15) is 98.5 Å². The number of carboxylic acid groups (broad SMARTS) is 1. The van der Waals surface area contributed by atoms with Gasteiger partial charge in [-0.15, -0.1) is 0 Å². The monoisotopic (exact) mass is 871 g/mol. The van der Waals surface area contributed by atoms with E-state index in [4.69, 9.17) is 21.4 Å². The minimum Gasteiger partial charge on any atom is -0.475 e. The molecule has 0 spiro atoms. The largest absolute Gasteiger partial charge is 0.490 e. The number of benzene rings is 2. The Labute approximate surface area is 357 Å². The smallest absolute Gasteiger partial charge is 0.475 e. The summed E-state index contributed by atoms with van der Waals surface area (Å²) in [6.07, 6.45) is 4.62. The SMILES string of the molecule is NCCCC[C@@H]1NC(=O)/C=C/C(=O)N[C@H](C(N)=O)CCCCNC(=O)C(Cc2ccc(C(=O)c3ccccc3)cc2)NC(=O)C(CC2CCCCC2)NC1=O.O=C(O)C(F)(F)F. The van der Waals surface area contributed by atoms with E-state index in [1.54, 1.807) is 48.5 Å². The lowest BCUT2D eigenvalue weighted by Crippen LogP contribution is -2.57. The van der Waals surface area contributed by atoms with E-state index in [1.807, 2.05) is 6.07 Å². The molecule has 2 aromatic rings. The molecule has 4 atom stereocenters. The Bertz CT molecular complexity index is 1870. The molecule has 6 amide bonds. The molecule has 338 valence electrons. The Morgan fingerprint density at radius 1 is 0.677 bits per heavy atom. The van der Waals surface area contributed by atoms with Crippen LogP contribution in [0, 0.1) is 5.92 Å². The highest BCUT2D eigenvalue weighted by Gasteiger charge is 2.38. The first-order valence-electron chi connectivity index (χ1n) is 20.6. The third-order valence-corrected chi connectivity index (χ3v) is 10.3. The molecule has 4 rings (SSSR count). The van der Waals surface area contributed by atoms with Crippen LogP contribution in [0.3, 0.4) is 0 Å². The van der Waals surface area contributed by atoms with Gasteiger partial charge in [0.1, 0.15) is 24.2 Å². The van der Waals surface area contributed by atoms with Crippen LogP contribution in [0.5, 0.6) is 0 Å². The molecule has 1 fully saturated rings. The summed E-state index contributed by atoms with van der Waals surface area (Å²) in [6.45, 7) is 0.591. The molecule has 0 saturated heterocycles. The standard InChI is InChI=1S/C41H55N7O7.C2HF3O2/c42-23-9-7-16-32-40(54)48-34(25-27-11-3-1-4-12-27)41(55)47-33(26-28-17-19-30(20-18-28)37(51)29-13-5-2-6-14-29)39(53)44-24-10-8-15-31(38(43)52)45-35(49)21-22-36(50)46-32;3-2(4,5)1(6)7/h2,5-6,13-14,17-22,27,31-34H,1,3-4,7-12,15-16,23-26,42H2,(H2,43,52)(H,44,53)(H,45,49)(H,46,50)(H,47,55)(H,48,54);(H,6,7)/b22-21+;/t31-,32-,33?,34?;/m0./s1. The number of rotatable bonds is 11. The second-order valence-electron chi connectivity index (χ2n) is 15.2. The first kappa shape index (κ1) is 50.2. The number of ketones is 1. The predicted molar refractivity (Wildman–Crippen MR) is 221 cm³/mol. The molecule has 2 aliphatic rings. The number of carbonyl (C=O) groups is 8. The van der Waals surface area contributed by atoms with Gasteiger partial charge in [0.25, 0.3) is 0 Å². The van der Waals surface area contributed by atoms with Gasteiger partial charge in [-0.2, -0.15) is 13.2 Å². The minimum atomic E-state index is -5.08. The van der Waals surface area contributed by atoms with Crippen LogP contribution in [0.2, 0.25) is 0 Å². The van der Waals surface area contributed by atoms with Gasteiger partial charge in [0.05, 0.1) is 0 Å². The van der Waals surface area contributed by atoms with Crippen molar-refractivity contribution < 1.29 is 56.6 Å². The van der Waals surface area contributed by atoms with Crippen molar-refractivity contribution >= 4 is 47.2 Å². The van der Waals surface area contributed by atoms with Gasteiger partial charge in [0.2, 0.25) is 35.4 Å². The molecule has 0 radical (unpaired) electrons. The maximum absolute atomic E-state index is 14.2. The third-order valence-electron chi connectivity index (χ3n) is 10.3. The van der Waals surface area contributed by atoms with Gasteiger partial charge in [0, 0.05) is 36.2 Å². The van der Waals surface area contributed by atoms with E-state index < -0.39 is 71.8 Å². The number of primary amides is 1. The number of halogens is 3. The highest BCUT2D eigenvalue weighted by Crippen LogP contribution is 2.27. The number of aliphatic carboxylic acids is 1. The quantitative estimate of drug-likeness (QED) is 0.121. The number of nitrogens with one attached hydrogen (secondary N) is 5. The molecule has 19 heteroatoms. The molecule has 1 aliphatic heterocycles. The lowest BCUT2D eigenvalue weighted by atomic mass is 9.84. The Morgan fingerprint density at radius 3 is 1.84 bits per heavy atom. The van der Waals surface area contributed by atoms with Gasteiger partial charge in [-0.05, 0) is 63.0 Å². The fraction of sp³-hybridized carbons (Fsp3) is 0.488. The molecular formula is C43H56F3N7O9. The van der Waals surface area contributed by atoms with E-state index >= 15 is 0 Å². The van der Waals surface area contributed by atoms with Crippen LogP contribution >= 0.6 is 0 Å². The summed E-state index contributed by atoms with van der Waals surface area (Å²) in [5, 5.41) is 20.9. The molecule has 10 N–H and O–H groups in total. The average molecular weight is 872 g/mol. The minimum absolute atomic E-state index is 0.0986. The molecule has 2 unspecified atom stereocenters. The summed E-state index contributed by atoms with van der Waals surface area (Å²) in [5.74, 6) is -6.47. The Balaban J connectivity index is 0.00000134. The molecule has 1 saturated carbocycles. The number of carboxylic acids is 1. The normalized spacial score (nSPS) is 21.9. The Morgan fingerprint density at radius 2 is 1.24 bits per heavy atom. The number of hydrogen-bond donors (Lipinski definition) is 8. The maximum atomic E-state index is 14.2. The van der Waals surface area contributed by atoms with E-state index in [0.29, 0.717) is 55.3 Å². The molecule has 1 aliphatic carbocycles. The van der Waals surface area contributed by atoms with Gasteiger partial charge in [0.15, 0.2) is 5.78 Å². The molecule has 16 nitrogen and oxygen atoms in total. The van der Waals surface area contributed by atoms with Gasteiger partial charge >= 0.3 is 12.1 Å². The van der Waals surface area contributed by atoms with E-state index in [0.717, 1.165) is 44.3 Å². The van der Waals surface area contributed by atoms with Gasteiger partial charge in [-0.3, -0.25) is 33.6 Å². The average Bonchev–Trinajstić information content (AvgIpc) is 3.24. The van der Waals surface area contributed by atoms with Crippen molar-refractivity contribution in [3.63, 3.8) is 0 Å². The van der Waals surface area contributed by atoms with Crippen LogP contribution in [-0.4, -0.2) is 95.7 Å². The summed E-state index contributed by atoms with van der Waals surface area (Å²) in [6, 6.07) is 11.7. The van der Waals surface area contributed by atoms with Gasteiger partial charge < -0.3 is 43.2 Å². The molecule has 0 bridgehead atoms. The predicted octanol–water partition coefficient (Wildman–Crippen LogP) is 2.47. The van der Waals surface area contributed by atoms with Crippen molar-refractivity contribution in [2.24, 2.45) is 17.4 Å². The van der Waals surface area contributed by atoms with Crippen molar-refractivity contribution in [3.8, 4) is 0 Å². The van der Waals surface area contributed by atoms with Crippen molar-refractivity contribution in [2.45, 2.75) is 114 Å². The van der Waals surface area contributed by atoms with Crippen molar-refractivity contribution in [2.75, 3.05) is 13.1 Å². The van der Waals surface area contributed by atoms with Crippen LogP contribution in [-0.2, 0) is 40.0 Å². The number of nitrogens with two attached hydrogens (primary N) is 2. The van der Waals surface area contributed by atoms with Gasteiger partial charge in [-0.25, -0.2) is 4.79 Å². The zero-order chi connectivity index (χ0) is 45.7. The van der Waals surface area contributed by atoms with E-state index in [1.165, 1.54) is 0 Å². The zero-order valence-electron chi connectivity index (χ0n) is 34.3. The molecular weight excluding hydrogens is 816 g/mol. The van der Waals surface area contributed by atoms with E-state index in [9.17, 15) is 46.7 Å². The maximum Gasteiger partial charge on any atom is 0.490 e. The van der Waals surface area contributed by atoms with Crippen LogP contribution < -0.4 is 38.1 Å². The van der Waals surface area contributed by atoms with Crippen LogP contribution in [0.15, 0.2) is 66.7 Å². The van der Waals surface area contributed by atoms with Crippen molar-refractivity contribution in [1.29, 1.82) is 0 Å².